The Labute approximate surface area is 120 Å². The summed E-state index contributed by atoms with van der Waals surface area (Å²) >= 11 is 0. The molecule has 0 spiro atoms. The van der Waals surface area contributed by atoms with E-state index >= 15 is 0 Å². The molecule has 1 amide bonds. The van der Waals surface area contributed by atoms with Crippen molar-refractivity contribution < 1.29 is 4.79 Å². The van der Waals surface area contributed by atoms with Gasteiger partial charge in [-0.3, -0.25) is 4.79 Å². The number of rotatable bonds is 4. The van der Waals surface area contributed by atoms with Crippen LogP contribution in [0, 0.1) is 13.8 Å². The summed E-state index contributed by atoms with van der Waals surface area (Å²) in [5.74, 6) is 0.0226. The van der Waals surface area contributed by atoms with Gasteiger partial charge < -0.3 is 9.88 Å². The third kappa shape index (κ3) is 3.00. The summed E-state index contributed by atoms with van der Waals surface area (Å²) in [5, 5.41) is 3.05. The van der Waals surface area contributed by atoms with Crippen molar-refractivity contribution in [3.8, 4) is 0 Å². The second kappa shape index (κ2) is 5.27. The van der Waals surface area contributed by atoms with Crippen molar-refractivity contribution in [2.75, 3.05) is 0 Å². The molecule has 0 radical (unpaired) electrons. The van der Waals surface area contributed by atoms with E-state index in [0.29, 0.717) is 6.54 Å². The Kier molecular flexibility index (Phi) is 3.84. The van der Waals surface area contributed by atoms with Gasteiger partial charge in [0.1, 0.15) is 6.54 Å². The van der Waals surface area contributed by atoms with Crippen LogP contribution in [0.2, 0.25) is 0 Å². The minimum absolute atomic E-state index is 0.0226. The fraction of sp³-hybridized carbons (Fsp3) is 0.500. The molecular formula is C16H23N3O. The minimum Gasteiger partial charge on any atom is -0.350 e. The van der Waals surface area contributed by atoms with E-state index in [9.17, 15) is 4.79 Å². The van der Waals surface area contributed by atoms with E-state index < -0.39 is 0 Å². The van der Waals surface area contributed by atoms with Gasteiger partial charge in [0, 0.05) is 5.54 Å². The quantitative estimate of drug-likeness (QED) is 0.931. The van der Waals surface area contributed by atoms with Crippen LogP contribution in [0.5, 0.6) is 0 Å². The molecule has 1 N–H and O–H groups in total. The highest BCUT2D eigenvalue weighted by Crippen LogP contribution is 2.18. The molecule has 0 aliphatic heterocycles. The van der Waals surface area contributed by atoms with Crippen molar-refractivity contribution in [3.63, 3.8) is 0 Å². The van der Waals surface area contributed by atoms with Crippen LogP contribution in [0.15, 0.2) is 18.5 Å². The fourth-order valence-corrected chi connectivity index (χ4v) is 2.10. The first-order valence-corrected chi connectivity index (χ1v) is 7.05. The highest BCUT2D eigenvalue weighted by atomic mass is 16.2. The van der Waals surface area contributed by atoms with Crippen molar-refractivity contribution in [3.05, 3.63) is 29.6 Å². The minimum atomic E-state index is -0.167. The molecule has 0 fully saturated rings. The summed E-state index contributed by atoms with van der Waals surface area (Å²) in [4.78, 5) is 16.5. The van der Waals surface area contributed by atoms with Crippen LogP contribution in [0.25, 0.3) is 11.0 Å². The number of benzene rings is 1. The SMILES string of the molecule is CCC(C)(C)NC(=O)Cn1cnc2cc(C)c(C)cc21. The van der Waals surface area contributed by atoms with E-state index in [-0.39, 0.29) is 11.4 Å². The van der Waals surface area contributed by atoms with Gasteiger partial charge in [0.2, 0.25) is 5.91 Å². The maximum Gasteiger partial charge on any atom is 0.240 e. The zero-order valence-electron chi connectivity index (χ0n) is 12.9. The molecule has 4 nitrogen and oxygen atoms in total. The van der Waals surface area contributed by atoms with E-state index in [4.69, 9.17) is 0 Å². The zero-order valence-corrected chi connectivity index (χ0v) is 12.9. The molecule has 20 heavy (non-hydrogen) atoms. The third-order valence-corrected chi connectivity index (χ3v) is 3.91. The zero-order chi connectivity index (χ0) is 14.9. The van der Waals surface area contributed by atoms with Crippen LogP contribution >= 0.6 is 0 Å². The molecule has 4 heteroatoms. The first-order chi connectivity index (χ1) is 9.32. The maximum absolute atomic E-state index is 12.1. The van der Waals surface area contributed by atoms with Crippen molar-refractivity contribution in [2.45, 2.75) is 53.1 Å². The van der Waals surface area contributed by atoms with Gasteiger partial charge in [-0.25, -0.2) is 4.98 Å². The number of imidazole rings is 1. The molecule has 0 unspecified atom stereocenters. The molecule has 1 aromatic carbocycles. The van der Waals surface area contributed by atoms with Gasteiger partial charge in [-0.05, 0) is 57.4 Å². The summed E-state index contributed by atoms with van der Waals surface area (Å²) in [6, 6.07) is 4.16. The summed E-state index contributed by atoms with van der Waals surface area (Å²) < 4.78 is 1.91. The molecule has 0 atom stereocenters. The van der Waals surface area contributed by atoms with E-state index in [1.807, 2.05) is 18.4 Å². The van der Waals surface area contributed by atoms with Gasteiger partial charge in [-0.2, -0.15) is 0 Å². The van der Waals surface area contributed by atoms with Crippen molar-refractivity contribution in [1.29, 1.82) is 0 Å². The largest absolute Gasteiger partial charge is 0.350 e. The predicted octanol–water partition coefficient (Wildman–Crippen LogP) is 2.96. The van der Waals surface area contributed by atoms with Crippen LogP contribution in [-0.2, 0) is 11.3 Å². The molecule has 0 aliphatic carbocycles. The number of hydrogen-bond donors (Lipinski definition) is 1. The number of carbonyl (C=O) groups excluding carboxylic acids is 1. The van der Waals surface area contributed by atoms with Crippen LogP contribution in [0.3, 0.4) is 0 Å². The van der Waals surface area contributed by atoms with Gasteiger partial charge in [0.25, 0.3) is 0 Å². The third-order valence-electron chi connectivity index (χ3n) is 3.91. The summed E-state index contributed by atoms with van der Waals surface area (Å²) in [5.41, 5.74) is 4.22. The highest BCUT2D eigenvalue weighted by molar-refractivity contribution is 5.81. The molecule has 2 aromatic rings. The Hall–Kier alpha value is -1.84. The van der Waals surface area contributed by atoms with Gasteiger partial charge in [-0.1, -0.05) is 6.92 Å². The van der Waals surface area contributed by atoms with E-state index in [1.54, 1.807) is 6.33 Å². The summed E-state index contributed by atoms with van der Waals surface area (Å²) in [7, 11) is 0. The normalized spacial score (nSPS) is 11.8. The average Bonchev–Trinajstić information content (AvgIpc) is 2.72. The Morgan fingerprint density at radius 1 is 1.30 bits per heavy atom. The molecule has 2 rings (SSSR count). The molecule has 108 valence electrons. The lowest BCUT2D eigenvalue weighted by Gasteiger charge is -2.24. The number of fused-ring (bicyclic) bond motifs is 1. The topological polar surface area (TPSA) is 46.9 Å². The Bertz CT molecular complexity index is 640. The molecule has 1 heterocycles. The molecule has 1 aromatic heterocycles. The predicted molar refractivity (Wildman–Crippen MR) is 81.7 cm³/mol. The van der Waals surface area contributed by atoms with E-state index in [2.05, 4.69) is 43.2 Å². The van der Waals surface area contributed by atoms with E-state index in [0.717, 1.165) is 17.5 Å². The van der Waals surface area contributed by atoms with Gasteiger partial charge >= 0.3 is 0 Å². The lowest BCUT2D eigenvalue weighted by molar-refractivity contribution is -0.123. The average molecular weight is 273 g/mol. The Balaban J connectivity index is 2.22. The lowest BCUT2D eigenvalue weighted by atomic mass is 10.0. The number of amides is 1. The second-order valence-corrected chi connectivity index (χ2v) is 6.08. The monoisotopic (exact) mass is 273 g/mol. The number of nitrogens with one attached hydrogen (secondary N) is 1. The van der Waals surface area contributed by atoms with Crippen LogP contribution in [0.4, 0.5) is 0 Å². The fourth-order valence-electron chi connectivity index (χ4n) is 2.10. The van der Waals surface area contributed by atoms with Crippen molar-refractivity contribution in [2.24, 2.45) is 0 Å². The number of nitrogens with zero attached hydrogens (tertiary/aromatic N) is 2. The number of carbonyl (C=O) groups is 1. The van der Waals surface area contributed by atoms with Crippen LogP contribution < -0.4 is 5.32 Å². The lowest BCUT2D eigenvalue weighted by Crippen LogP contribution is -2.44. The molecule has 0 aliphatic rings. The standard InChI is InChI=1S/C16H23N3O/c1-6-16(4,5)18-15(20)9-19-10-17-13-7-11(2)12(3)8-14(13)19/h7-8,10H,6,9H2,1-5H3,(H,18,20). The van der Waals surface area contributed by atoms with Crippen molar-refractivity contribution >= 4 is 16.9 Å². The van der Waals surface area contributed by atoms with Crippen LogP contribution in [-0.4, -0.2) is 21.0 Å². The van der Waals surface area contributed by atoms with E-state index in [1.165, 1.54) is 11.1 Å². The van der Waals surface area contributed by atoms with Gasteiger partial charge in [0.05, 0.1) is 17.4 Å². The first-order valence-electron chi connectivity index (χ1n) is 7.05. The summed E-state index contributed by atoms with van der Waals surface area (Å²) in [6.07, 6.45) is 2.64. The van der Waals surface area contributed by atoms with Crippen molar-refractivity contribution in [1.82, 2.24) is 14.9 Å². The Morgan fingerprint density at radius 3 is 2.60 bits per heavy atom. The number of aryl methyl sites for hydroxylation is 2. The summed E-state index contributed by atoms with van der Waals surface area (Å²) in [6.45, 7) is 10.6. The van der Waals surface area contributed by atoms with Crippen LogP contribution in [0.1, 0.15) is 38.3 Å². The number of aromatic nitrogens is 2. The first kappa shape index (κ1) is 14.6. The smallest absolute Gasteiger partial charge is 0.240 e. The number of hydrogen-bond acceptors (Lipinski definition) is 2. The van der Waals surface area contributed by atoms with Gasteiger partial charge in [-0.15, -0.1) is 0 Å². The maximum atomic E-state index is 12.1. The molecule has 0 bridgehead atoms. The highest BCUT2D eigenvalue weighted by Gasteiger charge is 2.18. The molecular weight excluding hydrogens is 250 g/mol. The molecule has 0 saturated heterocycles. The second-order valence-electron chi connectivity index (χ2n) is 6.08. The van der Waals surface area contributed by atoms with Gasteiger partial charge in [0.15, 0.2) is 0 Å². The Morgan fingerprint density at radius 2 is 1.95 bits per heavy atom. The molecule has 0 saturated carbocycles.